The van der Waals surface area contributed by atoms with Gasteiger partial charge in [0.1, 0.15) is 11.8 Å². The number of esters is 1. The minimum Gasteiger partial charge on any atom is -0.503 e. The Bertz CT molecular complexity index is 949. The maximum absolute atomic E-state index is 13.3. The van der Waals surface area contributed by atoms with Crippen LogP contribution in [0, 0.1) is 5.92 Å². The van der Waals surface area contributed by atoms with E-state index in [0.29, 0.717) is 0 Å². The van der Waals surface area contributed by atoms with Crippen LogP contribution in [0.4, 0.5) is 13.2 Å². The lowest BCUT2D eigenvalue weighted by atomic mass is 9.91. The SMILES string of the molecule is COc1ccnc(C(=S)C[C@@H](C)C(=O)O[C@@H](C)[C@@H](C)c2ccccc2C(F)(F)F)c1O. The van der Waals surface area contributed by atoms with E-state index < -0.39 is 35.6 Å². The van der Waals surface area contributed by atoms with Crippen molar-refractivity contribution < 1.29 is 32.5 Å². The molecule has 9 heteroatoms. The van der Waals surface area contributed by atoms with Gasteiger partial charge in [-0.1, -0.05) is 44.3 Å². The number of halogens is 3. The molecule has 0 amide bonds. The van der Waals surface area contributed by atoms with Crippen LogP contribution in [0.15, 0.2) is 36.5 Å². The lowest BCUT2D eigenvalue weighted by Crippen LogP contribution is -2.27. The molecule has 0 saturated carbocycles. The molecule has 1 heterocycles. The molecule has 3 atom stereocenters. The minimum atomic E-state index is -4.50. The molecule has 168 valence electrons. The summed E-state index contributed by atoms with van der Waals surface area (Å²) in [4.78, 5) is 16.8. The van der Waals surface area contributed by atoms with Crippen LogP contribution in [0.2, 0.25) is 0 Å². The lowest BCUT2D eigenvalue weighted by Gasteiger charge is -2.25. The van der Waals surface area contributed by atoms with Gasteiger partial charge in [-0.3, -0.25) is 9.78 Å². The topological polar surface area (TPSA) is 68.7 Å². The van der Waals surface area contributed by atoms with Crippen molar-refractivity contribution in [3.63, 3.8) is 0 Å². The summed E-state index contributed by atoms with van der Waals surface area (Å²) in [5.41, 5.74) is -0.558. The number of hydrogen-bond donors (Lipinski definition) is 1. The third-order valence-electron chi connectivity index (χ3n) is 5.03. The van der Waals surface area contributed by atoms with Gasteiger partial charge in [0.25, 0.3) is 0 Å². The molecular formula is C22H24F3NO4S. The van der Waals surface area contributed by atoms with E-state index >= 15 is 0 Å². The molecule has 0 radical (unpaired) electrons. The zero-order chi connectivity index (χ0) is 23.3. The van der Waals surface area contributed by atoms with Gasteiger partial charge in [-0.2, -0.15) is 13.2 Å². The largest absolute Gasteiger partial charge is 0.503 e. The number of rotatable bonds is 8. The normalized spacial score (nSPS) is 14.4. The van der Waals surface area contributed by atoms with Gasteiger partial charge < -0.3 is 14.6 Å². The smallest absolute Gasteiger partial charge is 0.416 e. The van der Waals surface area contributed by atoms with Crippen LogP contribution < -0.4 is 4.74 Å². The summed E-state index contributed by atoms with van der Waals surface area (Å²) < 4.78 is 50.3. The van der Waals surface area contributed by atoms with E-state index in [2.05, 4.69) is 4.98 Å². The van der Waals surface area contributed by atoms with Crippen LogP contribution >= 0.6 is 12.2 Å². The highest BCUT2D eigenvalue weighted by atomic mass is 32.1. The maximum Gasteiger partial charge on any atom is 0.416 e. The van der Waals surface area contributed by atoms with Crippen molar-refractivity contribution in [2.24, 2.45) is 5.92 Å². The zero-order valence-electron chi connectivity index (χ0n) is 17.6. The van der Waals surface area contributed by atoms with E-state index in [9.17, 15) is 23.1 Å². The molecule has 0 fully saturated rings. The molecule has 0 aliphatic carbocycles. The van der Waals surface area contributed by atoms with E-state index in [0.717, 1.165) is 6.07 Å². The van der Waals surface area contributed by atoms with Gasteiger partial charge in [0, 0.05) is 23.0 Å². The van der Waals surface area contributed by atoms with Crippen LogP contribution in [0.1, 0.15) is 49.9 Å². The second-order valence-corrected chi connectivity index (χ2v) is 7.75. The molecule has 31 heavy (non-hydrogen) atoms. The predicted octanol–water partition coefficient (Wildman–Crippen LogP) is 5.29. The van der Waals surface area contributed by atoms with E-state index in [-0.39, 0.29) is 34.0 Å². The summed E-state index contributed by atoms with van der Waals surface area (Å²) in [6.45, 7) is 4.72. The van der Waals surface area contributed by atoms with Crippen molar-refractivity contribution in [2.45, 2.75) is 45.4 Å². The fourth-order valence-electron chi connectivity index (χ4n) is 3.07. The number of carbonyl (C=O) groups excluding carboxylic acids is 1. The number of aromatic nitrogens is 1. The first-order valence-electron chi connectivity index (χ1n) is 9.59. The van der Waals surface area contributed by atoms with Gasteiger partial charge in [-0.15, -0.1) is 0 Å². The second-order valence-electron chi connectivity index (χ2n) is 7.25. The minimum absolute atomic E-state index is 0.0592. The number of methoxy groups -OCH3 is 1. The lowest BCUT2D eigenvalue weighted by molar-refractivity contribution is -0.153. The molecule has 2 aromatic rings. The first-order valence-corrected chi connectivity index (χ1v) is 9.99. The third-order valence-corrected chi connectivity index (χ3v) is 5.39. The molecule has 1 aromatic carbocycles. The number of hydrogen-bond acceptors (Lipinski definition) is 6. The van der Waals surface area contributed by atoms with Gasteiger partial charge in [-0.05, 0) is 25.0 Å². The number of alkyl halides is 3. The van der Waals surface area contributed by atoms with Crippen LogP contribution in [-0.4, -0.2) is 34.1 Å². The first-order chi connectivity index (χ1) is 14.5. The highest BCUT2D eigenvalue weighted by molar-refractivity contribution is 7.80. The average molecular weight is 455 g/mol. The Labute approximate surface area is 184 Å². The monoisotopic (exact) mass is 455 g/mol. The summed E-state index contributed by atoms with van der Waals surface area (Å²) in [6.07, 6.45) is -3.80. The molecule has 0 bridgehead atoms. The molecule has 5 nitrogen and oxygen atoms in total. The highest BCUT2D eigenvalue weighted by Gasteiger charge is 2.35. The van der Waals surface area contributed by atoms with E-state index in [4.69, 9.17) is 21.7 Å². The van der Waals surface area contributed by atoms with Crippen molar-refractivity contribution in [1.29, 1.82) is 0 Å². The van der Waals surface area contributed by atoms with Gasteiger partial charge in [0.15, 0.2) is 11.5 Å². The van der Waals surface area contributed by atoms with E-state index in [1.54, 1.807) is 20.8 Å². The summed E-state index contributed by atoms with van der Waals surface area (Å²) in [7, 11) is 1.39. The van der Waals surface area contributed by atoms with Crippen LogP contribution in [0.5, 0.6) is 11.5 Å². The molecule has 0 spiro atoms. The van der Waals surface area contributed by atoms with Crippen molar-refractivity contribution in [1.82, 2.24) is 4.98 Å². The summed E-state index contributed by atoms with van der Waals surface area (Å²) in [5, 5.41) is 10.2. The molecule has 1 aromatic heterocycles. The fourth-order valence-corrected chi connectivity index (χ4v) is 3.47. The molecule has 0 unspecified atom stereocenters. The van der Waals surface area contributed by atoms with Gasteiger partial charge in [0.2, 0.25) is 0 Å². The van der Waals surface area contributed by atoms with E-state index in [1.165, 1.54) is 37.6 Å². The average Bonchev–Trinajstić information content (AvgIpc) is 2.72. The highest BCUT2D eigenvalue weighted by Crippen LogP contribution is 2.36. The quantitative estimate of drug-likeness (QED) is 0.331. The Morgan fingerprint density at radius 3 is 2.45 bits per heavy atom. The predicted molar refractivity (Wildman–Crippen MR) is 113 cm³/mol. The molecule has 0 saturated heterocycles. The van der Waals surface area contributed by atoms with Crippen molar-refractivity contribution in [2.75, 3.05) is 7.11 Å². The molecule has 2 rings (SSSR count). The summed E-state index contributed by atoms with van der Waals surface area (Å²) in [6, 6.07) is 6.70. The molecule has 1 N–H and O–H groups in total. The summed E-state index contributed by atoms with van der Waals surface area (Å²) >= 11 is 5.30. The standard InChI is InChI=1S/C22H24F3NO4S/c1-12(11-18(31)19-20(27)17(29-4)9-10-26-19)21(28)30-14(3)13(2)15-7-5-6-8-16(15)22(23,24)25/h5-10,12-14,27H,11H2,1-4H3/t12-,13-,14+/m1/s1. The number of benzene rings is 1. The Balaban J connectivity index is 2.07. The Morgan fingerprint density at radius 1 is 1.19 bits per heavy atom. The fraction of sp³-hybridized carbons (Fsp3) is 0.409. The third kappa shape index (κ3) is 5.94. The first kappa shape index (κ1) is 24.6. The zero-order valence-corrected chi connectivity index (χ0v) is 18.4. The number of thiocarbonyl (C=S) groups is 1. The maximum atomic E-state index is 13.3. The Morgan fingerprint density at radius 2 is 1.84 bits per heavy atom. The number of pyridine rings is 1. The summed E-state index contributed by atoms with van der Waals surface area (Å²) in [5.74, 6) is -1.99. The van der Waals surface area contributed by atoms with Crippen molar-refractivity contribution >= 4 is 23.1 Å². The second kappa shape index (κ2) is 10.1. The number of carbonyl (C=O) groups is 1. The number of nitrogens with zero attached hydrogens (tertiary/aromatic N) is 1. The van der Waals surface area contributed by atoms with Crippen LogP contribution in [-0.2, 0) is 15.7 Å². The Kier molecular flexibility index (Phi) is 8.00. The van der Waals surface area contributed by atoms with Crippen molar-refractivity contribution in [3.8, 4) is 11.5 Å². The van der Waals surface area contributed by atoms with Gasteiger partial charge >= 0.3 is 12.1 Å². The molecule has 0 aliphatic rings. The van der Waals surface area contributed by atoms with Gasteiger partial charge in [-0.25, -0.2) is 0 Å². The van der Waals surface area contributed by atoms with Crippen molar-refractivity contribution in [3.05, 3.63) is 53.3 Å². The van der Waals surface area contributed by atoms with Gasteiger partial charge in [0.05, 0.1) is 18.6 Å². The Hall–Kier alpha value is -2.68. The van der Waals surface area contributed by atoms with Crippen LogP contribution in [0.25, 0.3) is 0 Å². The molecular weight excluding hydrogens is 431 g/mol. The van der Waals surface area contributed by atoms with E-state index in [1.807, 2.05) is 0 Å². The number of aromatic hydroxyl groups is 1. The number of ether oxygens (including phenoxy) is 2. The molecule has 0 aliphatic heterocycles. The van der Waals surface area contributed by atoms with Crippen LogP contribution in [0.3, 0.4) is 0 Å².